The molecule has 1 aromatic heterocycles. The molecule has 18 heavy (non-hydrogen) atoms. The quantitative estimate of drug-likeness (QED) is 0.872. The molecule has 0 spiro atoms. The number of nitrogens with one attached hydrogen (secondary N) is 1. The molecule has 1 N–H and O–H groups in total. The molecule has 0 unspecified atom stereocenters. The van der Waals surface area contributed by atoms with Crippen LogP contribution in [-0.4, -0.2) is 18.1 Å². The van der Waals surface area contributed by atoms with Crippen molar-refractivity contribution in [3.8, 4) is 0 Å². The minimum Gasteiger partial charge on any atom is -0.317 e. The van der Waals surface area contributed by atoms with Crippen LogP contribution < -0.4 is 5.32 Å². The molecule has 3 rings (SSSR count). The molecule has 2 nitrogen and oxygen atoms in total. The van der Waals surface area contributed by atoms with Crippen molar-refractivity contribution < 1.29 is 0 Å². The Bertz CT molecular complexity index is 508. The summed E-state index contributed by atoms with van der Waals surface area (Å²) < 4.78 is 0. The smallest absolute Gasteiger partial charge is 0.0733 e. The monoisotopic (exact) mass is 240 g/mol. The minimum absolute atomic E-state index is 0.813. The Hall–Kier alpha value is -1.41. The predicted molar refractivity (Wildman–Crippen MR) is 75.7 cm³/mol. The van der Waals surface area contributed by atoms with Gasteiger partial charge in [-0.1, -0.05) is 24.3 Å². The molecule has 0 radical (unpaired) electrons. The largest absolute Gasteiger partial charge is 0.317 e. The first-order valence-corrected chi connectivity index (χ1v) is 6.97. The molecule has 0 aliphatic carbocycles. The van der Waals surface area contributed by atoms with E-state index in [1.807, 2.05) is 12.3 Å². The molecule has 2 heterocycles. The van der Waals surface area contributed by atoms with Gasteiger partial charge in [0.15, 0.2) is 0 Å². The lowest BCUT2D eigenvalue weighted by Gasteiger charge is -2.14. The van der Waals surface area contributed by atoms with Crippen LogP contribution in [-0.2, 0) is 6.42 Å². The molecule has 1 saturated heterocycles. The summed E-state index contributed by atoms with van der Waals surface area (Å²) in [5, 5.41) is 4.75. The van der Waals surface area contributed by atoms with E-state index in [9.17, 15) is 0 Å². The fourth-order valence-corrected chi connectivity index (χ4v) is 2.94. The fraction of sp³-hybridized carbons (Fsp3) is 0.438. The van der Waals surface area contributed by atoms with E-state index in [2.05, 4.69) is 34.6 Å². The number of nitrogens with zero attached hydrogens (tertiary/aromatic N) is 1. The van der Waals surface area contributed by atoms with Crippen molar-refractivity contribution in [3.63, 3.8) is 0 Å². The number of rotatable bonds is 2. The molecule has 2 aromatic rings. The Morgan fingerprint density at radius 1 is 1.11 bits per heavy atom. The van der Waals surface area contributed by atoms with Crippen molar-refractivity contribution in [1.82, 2.24) is 10.3 Å². The predicted octanol–water partition coefficient (Wildman–Crippen LogP) is 3.17. The standard InChI is InChI=1S/C16H20N2/c1-5-14-7-3-10-18-16(14)15(6-1)12-13-4-2-9-17-11-8-13/h1,3,5-7,10,13,17H,2,4,8-9,11-12H2/t13-/m0/s1. The molecule has 0 amide bonds. The SMILES string of the molecule is c1cnc2c(C[C@H]3CCCNCC3)cccc2c1. The lowest BCUT2D eigenvalue weighted by molar-refractivity contribution is 0.471. The molecule has 2 heteroatoms. The second kappa shape index (κ2) is 5.49. The summed E-state index contributed by atoms with van der Waals surface area (Å²) in [5.41, 5.74) is 2.61. The van der Waals surface area contributed by atoms with Crippen molar-refractivity contribution in [2.75, 3.05) is 13.1 Å². The lowest BCUT2D eigenvalue weighted by atomic mass is 9.91. The fourth-order valence-electron chi connectivity index (χ4n) is 2.94. The average Bonchev–Trinajstić information content (AvgIpc) is 2.68. The van der Waals surface area contributed by atoms with Crippen LogP contribution in [0.5, 0.6) is 0 Å². The van der Waals surface area contributed by atoms with E-state index in [0.717, 1.165) is 5.92 Å². The lowest BCUT2D eigenvalue weighted by Crippen LogP contribution is -2.14. The zero-order valence-corrected chi connectivity index (χ0v) is 10.7. The van der Waals surface area contributed by atoms with Gasteiger partial charge in [0.1, 0.15) is 0 Å². The van der Waals surface area contributed by atoms with Crippen LogP contribution in [0.2, 0.25) is 0 Å². The topological polar surface area (TPSA) is 24.9 Å². The Kier molecular flexibility index (Phi) is 3.56. The maximum absolute atomic E-state index is 4.55. The van der Waals surface area contributed by atoms with Crippen LogP contribution in [0.1, 0.15) is 24.8 Å². The molecule has 1 fully saturated rings. The molecule has 0 saturated carbocycles. The molecule has 1 aliphatic rings. The molecular weight excluding hydrogens is 220 g/mol. The Morgan fingerprint density at radius 3 is 3.06 bits per heavy atom. The minimum atomic E-state index is 0.813. The van der Waals surface area contributed by atoms with E-state index in [1.54, 1.807) is 0 Å². The van der Waals surface area contributed by atoms with Gasteiger partial charge in [0.2, 0.25) is 0 Å². The van der Waals surface area contributed by atoms with Gasteiger partial charge in [-0.3, -0.25) is 4.98 Å². The Morgan fingerprint density at radius 2 is 2.06 bits per heavy atom. The van der Waals surface area contributed by atoms with Crippen molar-refractivity contribution in [1.29, 1.82) is 0 Å². The summed E-state index contributed by atoms with van der Waals surface area (Å²) in [6, 6.07) is 10.7. The number of hydrogen-bond donors (Lipinski definition) is 1. The van der Waals surface area contributed by atoms with Gasteiger partial charge >= 0.3 is 0 Å². The Balaban J connectivity index is 1.85. The van der Waals surface area contributed by atoms with E-state index >= 15 is 0 Å². The highest BCUT2D eigenvalue weighted by Crippen LogP contribution is 2.23. The zero-order chi connectivity index (χ0) is 12.2. The zero-order valence-electron chi connectivity index (χ0n) is 10.7. The van der Waals surface area contributed by atoms with Crippen molar-refractivity contribution in [2.45, 2.75) is 25.7 Å². The van der Waals surface area contributed by atoms with Crippen LogP contribution >= 0.6 is 0 Å². The van der Waals surface area contributed by atoms with E-state index < -0.39 is 0 Å². The summed E-state index contributed by atoms with van der Waals surface area (Å²) in [6.07, 6.45) is 7.03. The van der Waals surface area contributed by atoms with Gasteiger partial charge < -0.3 is 5.32 Å². The van der Waals surface area contributed by atoms with E-state index in [1.165, 1.54) is 55.2 Å². The number of hydrogen-bond acceptors (Lipinski definition) is 2. The number of fused-ring (bicyclic) bond motifs is 1. The average molecular weight is 240 g/mol. The highest BCUT2D eigenvalue weighted by molar-refractivity contribution is 5.81. The first-order chi connectivity index (χ1) is 8.93. The maximum Gasteiger partial charge on any atom is 0.0733 e. The third kappa shape index (κ3) is 2.54. The van der Waals surface area contributed by atoms with E-state index in [-0.39, 0.29) is 0 Å². The first kappa shape index (κ1) is 11.7. The summed E-state index contributed by atoms with van der Waals surface area (Å²) in [4.78, 5) is 4.55. The summed E-state index contributed by atoms with van der Waals surface area (Å²) >= 11 is 0. The van der Waals surface area contributed by atoms with Gasteiger partial charge in [-0.2, -0.15) is 0 Å². The number of para-hydroxylation sites is 1. The molecule has 0 bridgehead atoms. The van der Waals surface area contributed by atoms with Crippen LogP contribution in [0.15, 0.2) is 36.5 Å². The second-order valence-corrected chi connectivity index (χ2v) is 5.24. The number of benzene rings is 1. The first-order valence-electron chi connectivity index (χ1n) is 6.97. The second-order valence-electron chi connectivity index (χ2n) is 5.24. The molecule has 94 valence electrons. The van der Waals surface area contributed by atoms with Crippen molar-refractivity contribution >= 4 is 10.9 Å². The highest BCUT2D eigenvalue weighted by atomic mass is 14.8. The van der Waals surface area contributed by atoms with Crippen LogP contribution in [0.25, 0.3) is 10.9 Å². The molecular formula is C16H20N2. The third-order valence-electron chi connectivity index (χ3n) is 3.92. The van der Waals surface area contributed by atoms with Gasteiger partial charge in [-0.05, 0) is 56.3 Å². The normalized spacial score (nSPS) is 20.8. The third-order valence-corrected chi connectivity index (χ3v) is 3.92. The number of aromatic nitrogens is 1. The van der Waals surface area contributed by atoms with Crippen molar-refractivity contribution in [3.05, 3.63) is 42.1 Å². The molecule has 1 aliphatic heterocycles. The highest BCUT2D eigenvalue weighted by Gasteiger charge is 2.14. The molecule has 1 aromatic carbocycles. The summed E-state index contributed by atoms with van der Waals surface area (Å²) in [7, 11) is 0. The Labute approximate surface area is 108 Å². The van der Waals surface area contributed by atoms with Crippen LogP contribution in [0.4, 0.5) is 0 Å². The molecule has 1 atom stereocenters. The van der Waals surface area contributed by atoms with Gasteiger partial charge in [-0.25, -0.2) is 0 Å². The van der Waals surface area contributed by atoms with Crippen molar-refractivity contribution in [2.24, 2.45) is 5.92 Å². The van der Waals surface area contributed by atoms with E-state index in [0.29, 0.717) is 0 Å². The van der Waals surface area contributed by atoms with Gasteiger partial charge in [0, 0.05) is 11.6 Å². The summed E-state index contributed by atoms with van der Waals surface area (Å²) in [5.74, 6) is 0.813. The van der Waals surface area contributed by atoms with E-state index in [4.69, 9.17) is 0 Å². The van der Waals surface area contributed by atoms with Gasteiger partial charge in [-0.15, -0.1) is 0 Å². The van der Waals surface area contributed by atoms with Gasteiger partial charge in [0.05, 0.1) is 5.52 Å². The van der Waals surface area contributed by atoms with Gasteiger partial charge in [0.25, 0.3) is 0 Å². The summed E-state index contributed by atoms with van der Waals surface area (Å²) in [6.45, 7) is 2.35. The van der Waals surface area contributed by atoms with Crippen LogP contribution in [0.3, 0.4) is 0 Å². The maximum atomic E-state index is 4.55. The number of pyridine rings is 1. The van der Waals surface area contributed by atoms with Crippen LogP contribution in [0, 0.1) is 5.92 Å².